The van der Waals surface area contributed by atoms with Crippen LogP contribution in [0.15, 0.2) is 29.3 Å². The van der Waals surface area contributed by atoms with Gasteiger partial charge in [-0.1, -0.05) is 19.1 Å². The van der Waals surface area contributed by atoms with Crippen LogP contribution in [0.3, 0.4) is 0 Å². The Morgan fingerprint density at radius 1 is 1.33 bits per heavy atom. The third-order valence-corrected chi connectivity index (χ3v) is 4.59. The zero-order valence-corrected chi connectivity index (χ0v) is 15.6. The predicted molar refractivity (Wildman–Crippen MR) is 101 cm³/mol. The number of guanidine groups is 1. The van der Waals surface area contributed by atoms with Gasteiger partial charge in [-0.15, -0.1) is 0 Å². The maximum absolute atomic E-state index is 5.49. The first-order valence-electron chi connectivity index (χ1n) is 9.02. The summed E-state index contributed by atoms with van der Waals surface area (Å²) in [6.45, 7) is 10.3. The number of benzene rings is 1. The smallest absolute Gasteiger partial charge is 0.193 e. The second-order valence-corrected chi connectivity index (χ2v) is 6.41. The molecule has 1 heterocycles. The van der Waals surface area contributed by atoms with E-state index in [4.69, 9.17) is 4.74 Å². The molecule has 5 heteroatoms. The minimum atomic E-state index is 0.701. The zero-order chi connectivity index (χ0) is 17.4. The van der Waals surface area contributed by atoms with E-state index in [1.54, 1.807) is 0 Å². The molecule has 24 heavy (non-hydrogen) atoms. The largest absolute Gasteiger partial charge is 0.494 e. The Bertz CT molecular complexity index is 515. The van der Waals surface area contributed by atoms with E-state index in [-0.39, 0.29) is 0 Å². The average molecular weight is 332 g/mol. The lowest BCUT2D eigenvalue weighted by molar-refractivity contribution is 0.339. The molecule has 0 radical (unpaired) electrons. The molecule has 0 bridgehead atoms. The van der Waals surface area contributed by atoms with E-state index in [1.165, 1.54) is 25.1 Å². The van der Waals surface area contributed by atoms with Crippen LogP contribution in [0.5, 0.6) is 5.75 Å². The van der Waals surface area contributed by atoms with Crippen LogP contribution in [0.1, 0.15) is 25.8 Å². The average Bonchev–Trinajstić information content (AvgIpc) is 3.05. The number of ether oxygens (including phenoxy) is 1. The molecule has 134 valence electrons. The van der Waals surface area contributed by atoms with E-state index >= 15 is 0 Å². The van der Waals surface area contributed by atoms with Crippen LogP contribution in [0, 0.1) is 5.92 Å². The van der Waals surface area contributed by atoms with Crippen molar-refractivity contribution in [2.45, 2.75) is 26.8 Å². The first-order chi connectivity index (χ1) is 11.7. The molecule has 1 N–H and O–H groups in total. The summed E-state index contributed by atoms with van der Waals surface area (Å²) in [7, 11) is 3.93. The van der Waals surface area contributed by atoms with Gasteiger partial charge in [0.25, 0.3) is 0 Å². The van der Waals surface area contributed by atoms with E-state index in [2.05, 4.69) is 46.2 Å². The third kappa shape index (κ3) is 5.41. The Hall–Kier alpha value is -1.75. The molecule has 1 saturated heterocycles. The van der Waals surface area contributed by atoms with Crippen molar-refractivity contribution in [2.75, 3.05) is 46.9 Å². The van der Waals surface area contributed by atoms with Gasteiger partial charge in [0.1, 0.15) is 5.75 Å². The van der Waals surface area contributed by atoms with E-state index in [0.29, 0.717) is 6.61 Å². The highest BCUT2D eigenvalue weighted by Gasteiger charge is 2.21. The summed E-state index contributed by atoms with van der Waals surface area (Å²) in [5, 5.41) is 3.53. The van der Waals surface area contributed by atoms with Gasteiger partial charge in [-0.25, -0.2) is 0 Å². The van der Waals surface area contributed by atoms with E-state index in [1.807, 2.05) is 26.1 Å². The van der Waals surface area contributed by atoms with Crippen molar-refractivity contribution < 1.29 is 4.74 Å². The molecule has 0 saturated carbocycles. The maximum atomic E-state index is 5.49. The number of rotatable bonds is 7. The van der Waals surface area contributed by atoms with Crippen LogP contribution in [0.4, 0.5) is 0 Å². The summed E-state index contributed by atoms with van der Waals surface area (Å²) < 4.78 is 5.49. The molecule has 1 fully saturated rings. The summed E-state index contributed by atoms with van der Waals surface area (Å²) in [5.41, 5.74) is 1.25. The second-order valence-electron chi connectivity index (χ2n) is 6.41. The molecule has 0 spiro atoms. The fourth-order valence-electron chi connectivity index (χ4n) is 3.19. The summed E-state index contributed by atoms with van der Waals surface area (Å²) in [5.74, 6) is 2.60. The lowest BCUT2D eigenvalue weighted by Crippen LogP contribution is -2.41. The highest BCUT2D eigenvalue weighted by Crippen LogP contribution is 2.15. The van der Waals surface area contributed by atoms with Gasteiger partial charge >= 0.3 is 0 Å². The van der Waals surface area contributed by atoms with Gasteiger partial charge in [-0.3, -0.25) is 4.99 Å². The quantitative estimate of drug-likeness (QED) is 0.615. The first-order valence-corrected chi connectivity index (χ1v) is 9.02. The molecular weight excluding hydrogens is 300 g/mol. The number of hydrogen-bond acceptors (Lipinski definition) is 3. The molecule has 0 amide bonds. The summed E-state index contributed by atoms with van der Waals surface area (Å²) in [6, 6.07) is 8.29. The maximum Gasteiger partial charge on any atom is 0.193 e. The van der Waals surface area contributed by atoms with Gasteiger partial charge < -0.3 is 19.9 Å². The predicted octanol–water partition coefficient (Wildman–Crippen LogP) is 2.43. The van der Waals surface area contributed by atoms with Crippen molar-refractivity contribution in [1.29, 1.82) is 0 Å². The molecule has 1 aliphatic heterocycles. The van der Waals surface area contributed by atoms with Crippen LogP contribution in [-0.2, 0) is 6.54 Å². The number of nitrogens with one attached hydrogen (secondary N) is 1. The van der Waals surface area contributed by atoms with Gasteiger partial charge in [0.05, 0.1) is 6.61 Å². The highest BCUT2D eigenvalue weighted by atomic mass is 16.5. The van der Waals surface area contributed by atoms with Crippen molar-refractivity contribution in [2.24, 2.45) is 10.9 Å². The molecule has 1 aromatic carbocycles. The lowest BCUT2D eigenvalue weighted by atomic mass is 10.1. The summed E-state index contributed by atoms with van der Waals surface area (Å²) in [4.78, 5) is 9.11. The highest BCUT2D eigenvalue weighted by molar-refractivity contribution is 5.79. The van der Waals surface area contributed by atoms with Crippen LogP contribution >= 0.6 is 0 Å². The lowest BCUT2D eigenvalue weighted by Gasteiger charge is -2.23. The van der Waals surface area contributed by atoms with Crippen LogP contribution in [-0.4, -0.2) is 62.6 Å². The van der Waals surface area contributed by atoms with Crippen molar-refractivity contribution >= 4 is 5.96 Å². The molecule has 0 aliphatic carbocycles. The minimum Gasteiger partial charge on any atom is -0.494 e. The van der Waals surface area contributed by atoms with Gasteiger partial charge in [-0.2, -0.15) is 0 Å². The molecular formula is C19H32N4O. The van der Waals surface area contributed by atoms with Gasteiger partial charge in [-0.05, 0) is 50.0 Å². The summed E-state index contributed by atoms with van der Waals surface area (Å²) >= 11 is 0. The Morgan fingerprint density at radius 2 is 2.08 bits per heavy atom. The fraction of sp³-hybridized carbons (Fsp3) is 0.632. The minimum absolute atomic E-state index is 0.701. The van der Waals surface area contributed by atoms with Crippen LogP contribution in [0.2, 0.25) is 0 Å². The first kappa shape index (κ1) is 18.6. The number of hydrogen-bond donors (Lipinski definition) is 1. The topological polar surface area (TPSA) is 40.1 Å². The summed E-state index contributed by atoms with van der Waals surface area (Å²) in [6.07, 6.45) is 1.28. The van der Waals surface area contributed by atoms with Crippen molar-refractivity contribution in [1.82, 2.24) is 15.1 Å². The Balaban J connectivity index is 1.81. The molecule has 1 unspecified atom stereocenters. The monoisotopic (exact) mass is 332 g/mol. The van der Waals surface area contributed by atoms with Crippen molar-refractivity contribution in [3.8, 4) is 5.75 Å². The van der Waals surface area contributed by atoms with Crippen molar-refractivity contribution in [3.63, 3.8) is 0 Å². The van der Waals surface area contributed by atoms with E-state index in [0.717, 1.165) is 37.3 Å². The molecule has 5 nitrogen and oxygen atoms in total. The zero-order valence-electron chi connectivity index (χ0n) is 15.6. The molecule has 1 atom stereocenters. The van der Waals surface area contributed by atoms with Crippen molar-refractivity contribution in [3.05, 3.63) is 29.8 Å². The number of likely N-dealkylation sites (tertiary alicyclic amines) is 1. The molecule has 2 rings (SSSR count). The van der Waals surface area contributed by atoms with Gasteiger partial charge in [0.15, 0.2) is 5.96 Å². The Kier molecular flexibility index (Phi) is 7.37. The van der Waals surface area contributed by atoms with E-state index in [9.17, 15) is 0 Å². The SMILES string of the molecule is CCOc1ccc(CN(C)C(=NC)NCC2CCN(CC)C2)cc1. The number of nitrogens with zero attached hydrogens (tertiary/aromatic N) is 3. The Labute approximate surface area is 146 Å². The molecule has 1 aromatic rings. The van der Waals surface area contributed by atoms with Gasteiger partial charge in [0, 0.05) is 33.7 Å². The standard InChI is InChI=1S/C19H32N4O/c1-5-23-12-11-17(15-23)13-21-19(20-3)22(4)14-16-7-9-18(10-8-16)24-6-2/h7-10,17H,5-6,11-15H2,1-4H3,(H,20,21). The second kappa shape index (κ2) is 9.52. The van der Waals surface area contributed by atoms with Crippen LogP contribution in [0.25, 0.3) is 0 Å². The number of aliphatic imine (C=N–C) groups is 1. The fourth-order valence-corrected chi connectivity index (χ4v) is 3.19. The molecule has 0 aromatic heterocycles. The Morgan fingerprint density at radius 3 is 2.67 bits per heavy atom. The molecule has 1 aliphatic rings. The third-order valence-electron chi connectivity index (χ3n) is 4.59. The van der Waals surface area contributed by atoms with E-state index < -0.39 is 0 Å². The van der Waals surface area contributed by atoms with Crippen LogP contribution < -0.4 is 10.1 Å². The normalized spacial score (nSPS) is 18.7. The van der Waals surface area contributed by atoms with Gasteiger partial charge in [0.2, 0.25) is 0 Å².